The smallest absolute Gasteiger partial charge is 0.356 e. The molecule has 7 nitrogen and oxygen atoms in total. The fourth-order valence-electron chi connectivity index (χ4n) is 1.61. The molecule has 0 saturated carbocycles. The summed E-state index contributed by atoms with van der Waals surface area (Å²) in [6.45, 7) is 6.84. The van der Waals surface area contributed by atoms with E-state index in [1.807, 2.05) is 13.8 Å². The van der Waals surface area contributed by atoms with Crippen molar-refractivity contribution in [3.63, 3.8) is 0 Å². The first-order valence-electron chi connectivity index (χ1n) is 6.10. The molecule has 0 spiro atoms. The van der Waals surface area contributed by atoms with Gasteiger partial charge in [0.15, 0.2) is 5.69 Å². The third kappa shape index (κ3) is 3.90. The van der Waals surface area contributed by atoms with E-state index >= 15 is 0 Å². The summed E-state index contributed by atoms with van der Waals surface area (Å²) in [4.78, 5) is 32.0. The van der Waals surface area contributed by atoms with Crippen LogP contribution in [0.15, 0.2) is 12.4 Å². The van der Waals surface area contributed by atoms with Gasteiger partial charge >= 0.3 is 5.97 Å². The summed E-state index contributed by atoms with van der Waals surface area (Å²) in [5, 5.41) is 11.6. The molecular formula is C12H18N4O3. The molecule has 0 saturated heterocycles. The van der Waals surface area contributed by atoms with Gasteiger partial charge in [-0.25, -0.2) is 14.8 Å². The van der Waals surface area contributed by atoms with Crippen molar-refractivity contribution >= 4 is 17.7 Å². The van der Waals surface area contributed by atoms with Crippen LogP contribution in [0.1, 0.15) is 31.3 Å². The lowest BCUT2D eigenvalue weighted by Crippen LogP contribution is -2.41. The number of aromatic carboxylic acids is 1. The molecule has 1 aromatic rings. The normalized spacial score (nSPS) is 11.7. The standard InChI is InChI=1S/C12H18N4O3/c1-4-16(5-2)11(17)8(3)15-10-7-13-9(6-14-10)12(18)19/h6-8H,4-5H2,1-3H3,(H,14,15)(H,18,19). The number of carboxylic acids is 1. The molecule has 1 rings (SSSR count). The van der Waals surface area contributed by atoms with E-state index in [1.165, 1.54) is 6.20 Å². The lowest BCUT2D eigenvalue weighted by Gasteiger charge is -2.23. The van der Waals surface area contributed by atoms with E-state index in [4.69, 9.17) is 5.11 Å². The van der Waals surface area contributed by atoms with Crippen LogP contribution in [-0.2, 0) is 4.79 Å². The Hall–Kier alpha value is -2.18. The van der Waals surface area contributed by atoms with Crippen molar-refractivity contribution in [2.45, 2.75) is 26.8 Å². The molecule has 0 radical (unpaired) electrons. The van der Waals surface area contributed by atoms with Gasteiger partial charge in [0.2, 0.25) is 5.91 Å². The maximum atomic E-state index is 12.0. The highest BCUT2D eigenvalue weighted by Gasteiger charge is 2.18. The quantitative estimate of drug-likeness (QED) is 0.792. The Bertz CT molecular complexity index is 443. The Morgan fingerprint density at radius 2 is 1.95 bits per heavy atom. The molecule has 2 N–H and O–H groups in total. The van der Waals surface area contributed by atoms with Gasteiger partial charge in [0.25, 0.3) is 0 Å². The molecule has 1 atom stereocenters. The highest BCUT2D eigenvalue weighted by molar-refractivity contribution is 5.85. The van der Waals surface area contributed by atoms with E-state index in [0.717, 1.165) is 6.20 Å². The van der Waals surface area contributed by atoms with E-state index in [2.05, 4.69) is 15.3 Å². The van der Waals surface area contributed by atoms with E-state index in [0.29, 0.717) is 18.9 Å². The van der Waals surface area contributed by atoms with Crippen molar-refractivity contribution in [3.8, 4) is 0 Å². The largest absolute Gasteiger partial charge is 0.476 e. The fraction of sp³-hybridized carbons (Fsp3) is 0.500. The van der Waals surface area contributed by atoms with Gasteiger partial charge in [-0.3, -0.25) is 4.79 Å². The Morgan fingerprint density at radius 1 is 1.32 bits per heavy atom. The summed E-state index contributed by atoms with van der Waals surface area (Å²) < 4.78 is 0. The van der Waals surface area contributed by atoms with Crippen LogP contribution in [0.3, 0.4) is 0 Å². The number of carbonyl (C=O) groups excluding carboxylic acids is 1. The monoisotopic (exact) mass is 266 g/mol. The molecule has 1 aromatic heterocycles. The predicted octanol–water partition coefficient (Wildman–Crippen LogP) is 0.844. The topological polar surface area (TPSA) is 95.4 Å². The van der Waals surface area contributed by atoms with Crippen molar-refractivity contribution < 1.29 is 14.7 Å². The van der Waals surface area contributed by atoms with Gasteiger partial charge in [-0.1, -0.05) is 0 Å². The summed E-state index contributed by atoms with van der Waals surface area (Å²) in [7, 11) is 0. The van der Waals surface area contributed by atoms with Crippen LogP contribution in [0.2, 0.25) is 0 Å². The maximum absolute atomic E-state index is 12.0. The van der Waals surface area contributed by atoms with Crippen LogP contribution < -0.4 is 5.32 Å². The SMILES string of the molecule is CCN(CC)C(=O)C(C)Nc1cnc(C(=O)O)cn1. The Balaban J connectivity index is 2.68. The van der Waals surface area contributed by atoms with Crippen molar-refractivity contribution in [1.82, 2.24) is 14.9 Å². The molecule has 0 aliphatic rings. The van der Waals surface area contributed by atoms with Gasteiger partial charge in [-0.05, 0) is 20.8 Å². The number of aromatic nitrogens is 2. The molecule has 0 bridgehead atoms. The van der Waals surface area contributed by atoms with E-state index < -0.39 is 12.0 Å². The molecule has 1 heterocycles. The highest BCUT2D eigenvalue weighted by Crippen LogP contribution is 2.05. The average Bonchev–Trinajstić information content (AvgIpc) is 2.40. The number of nitrogens with zero attached hydrogens (tertiary/aromatic N) is 3. The first-order valence-corrected chi connectivity index (χ1v) is 6.10. The van der Waals surface area contributed by atoms with Crippen LogP contribution >= 0.6 is 0 Å². The first-order chi connectivity index (χ1) is 8.99. The molecule has 0 aromatic carbocycles. The molecule has 7 heteroatoms. The van der Waals surface area contributed by atoms with Crippen molar-refractivity contribution in [2.24, 2.45) is 0 Å². The van der Waals surface area contributed by atoms with E-state index in [-0.39, 0.29) is 11.6 Å². The number of hydrogen-bond acceptors (Lipinski definition) is 5. The summed E-state index contributed by atoms with van der Waals surface area (Å²) in [5.41, 5.74) is -0.131. The Kier molecular flexibility index (Phi) is 5.23. The van der Waals surface area contributed by atoms with Gasteiger partial charge in [-0.15, -0.1) is 0 Å². The van der Waals surface area contributed by atoms with E-state index in [9.17, 15) is 9.59 Å². The first kappa shape index (κ1) is 14.9. The minimum absolute atomic E-state index is 0.0332. The van der Waals surface area contributed by atoms with Crippen LogP contribution in [0.25, 0.3) is 0 Å². The lowest BCUT2D eigenvalue weighted by molar-refractivity contribution is -0.131. The van der Waals surface area contributed by atoms with Crippen molar-refractivity contribution in [3.05, 3.63) is 18.1 Å². The average molecular weight is 266 g/mol. The van der Waals surface area contributed by atoms with Gasteiger partial charge in [0, 0.05) is 13.1 Å². The zero-order chi connectivity index (χ0) is 14.4. The predicted molar refractivity (Wildman–Crippen MR) is 70.0 cm³/mol. The Morgan fingerprint density at radius 3 is 2.37 bits per heavy atom. The molecule has 104 valence electrons. The molecule has 19 heavy (non-hydrogen) atoms. The van der Waals surface area contributed by atoms with Crippen LogP contribution in [0, 0.1) is 0 Å². The third-order valence-corrected chi connectivity index (χ3v) is 2.68. The highest BCUT2D eigenvalue weighted by atomic mass is 16.4. The summed E-state index contributed by atoms with van der Waals surface area (Å²) >= 11 is 0. The summed E-state index contributed by atoms with van der Waals surface area (Å²) in [5.74, 6) is -0.793. The number of likely N-dealkylation sites (N-methyl/N-ethyl adjacent to an activating group) is 1. The van der Waals surface area contributed by atoms with Gasteiger partial charge in [0.1, 0.15) is 11.9 Å². The minimum Gasteiger partial charge on any atom is -0.476 e. The lowest BCUT2D eigenvalue weighted by atomic mass is 10.3. The number of carboxylic acid groups (broad SMARTS) is 1. The maximum Gasteiger partial charge on any atom is 0.356 e. The second-order valence-electron chi connectivity index (χ2n) is 3.97. The summed E-state index contributed by atoms with van der Waals surface area (Å²) in [6.07, 6.45) is 2.45. The van der Waals surface area contributed by atoms with E-state index in [1.54, 1.807) is 11.8 Å². The van der Waals surface area contributed by atoms with Gasteiger partial charge < -0.3 is 15.3 Å². The number of hydrogen-bond donors (Lipinski definition) is 2. The van der Waals surface area contributed by atoms with Crippen molar-refractivity contribution in [1.29, 1.82) is 0 Å². The second-order valence-corrected chi connectivity index (χ2v) is 3.97. The number of rotatable bonds is 6. The molecule has 0 fully saturated rings. The molecule has 0 aliphatic heterocycles. The Labute approximate surface area is 111 Å². The number of carbonyl (C=O) groups is 2. The molecule has 1 amide bonds. The van der Waals surface area contributed by atoms with Crippen LogP contribution in [0.5, 0.6) is 0 Å². The fourth-order valence-corrected chi connectivity index (χ4v) is 1.61. The van der Waals surface area contributed by atoms with Crippen LogP contribution in [-0.4, -0.2) is 51.0 Å². The van der Waals surface area contributed by atoms with Gasteiger partial charge in [0.05, 0.1) is 12.4 Å². The zero-order valence-electron chi connectivity index (χ0n) is 11.3. The van der Waals surface area contributed by atoms with Crippen molar-refractivity contribution in [2.75, 3.05) is 18.4 Å². The molecule has 1 unspecified atom stereocenters. The number of nitrogens with one attached hydrogen (secondary N) is 1. The second kappa shape index (κ2) is 6.67. The van der Waals surface area contributed by atoms with Crippen LogP contribution in [0.4, 0.5) is 5.82 Å². The van der Waals surface area contributed by atoms with Gasteiger partial charge in [-0.2, -0.15) is 0 Å². The zero-order valence-corrected chi connectivity index (χ0v) is 11.3. The summed E-state index contributed by atoms with van der Waals surface area (Å²) in [6, 6.07) is -0.440. The third-order valence-electron chi connectivity index (χ3n) is 2.68. The molecular weight excluding hydrogens is 248 g/mol. The molecule has 0 aliphatic carbocycles. The number of anilines is 1. The minimum atomic E-state index is -1.13. The number of amides is 1.